The third-order valence-corrected chi connectivity index (χ3v) is 2.62. The van der Waals surface area contributed by atoms with Crippen LogP contribution < -0.4 is 5.32 Å². The van der Waals surface area contributed by atoms with Crippen LogP contribution in [0.2, 0.25) is 0 Å². The molecule has 0 saturated carbocycles. The maximum absolute atomic E-state index is 11.5. The van der Waals surface area contributed by atoms with E-state index in [1.165, 1.54) is 5.56 Å². The number of rotatable bonds is 2. The van der Waals surface area contributed by atoms with Crippen molar-refractivity contribution >= 4 is 11.7 Å². The number of carbonyl (C=O) groups is 1. The average molecular weight is 205 g/mol. The lowest BCUT2D eigenvalue weighted by atomic mass is 9.98. The maximum atomic E-state index is 11.5. The Kier molecular flexibility index (Phi) is 2.90. The van der Waals surface area contributed by atoms with Gasteiger partial charge in [-0.1, -0.05) is 18.2 Å². The topological polar surface area (TPSA) is 38.3 Å². The summed E-state index contributed by atoms with van der Waals surface area (Å²) in [4.78, 5) is 11.5. The largest absolute Gasteiger partial charge is 0.464 e. The second kappa shape index (κ2) is 4.34. The summed E-state index contributed by atoms with van der Waals surface area (Å²) in [6.07, 6.45) is 1.75. The highest BCUT2D eigenvalue weighted by Crippen LogP contribution is 2.24. The Morgan fingerprint density at radius 2 is 2.33 bits per heavy atom. The lowest BCUT2D eigenvalue weighted by Crippen LogP contribution is -2.34. The number of nitrogens with one attached hydrogen (secondary N) is 1. The minimum atomic E-state index is -0.181. The van der Waals surface area contributed by atoms with Gasteiger partial charge in [-0.05, 0) is 31.4 Å². The first-order chi connectivity index (χ1) is 7.31. The molecule has 2 rings (SSSR count). The fourth-order valence-corrected chi connectivity index (χ4v) is 1.86. The van der Waals surface area contributed by atoms with Gasteiger partial charge in [-0.3, -0.25) is 0 Å². The Hall–Kier alpha value is -1.51. The monoisotopic (exact) mass is 205 g/mol. The van der Waals surface area contributed by atoms with Crippen LogP contribution >= 0.6 is 0 Å². The van der Waals surface area contributed by atoms with Gasteiger partial charge in [0.25, 0.3) is 0 Å². The Morgan fingerprint density at radius 3 is 3.13 bits per heavy atom. The minimum absolute atomic E-state index is 0.146. The molecule has 0 bridgehead atoms. The number of para-hydroxylation sites is 1. The standard InChI is InChI=1S/C12H15NO2/c1-2-15-12(14)11-8-7-9-5-3-4-6-10(9)13-11/h3-6,11,13H,2,7-8H2,1H3. The van der Waals surface area contributed by atoms with Gasteiger partial charge < -0.3 is 10.1 Å². The molecule has 3 heteroatoms. The summed E-state index contributed by atoms with van der Waals surface area (Å²) < 4.78 is 4.99. The maximum Gasteiger partial charge on any atom is 0.328 e. The lowest BCUT2D eigenvalue weighted by molar-refractivity contribution is -0.144. The first kappa shape index (κ1) is 10.0. The van der Waals surface area contributed by atoms with Crippen molar-refractivity contribution in [2.75, 3.05) is 11.9 Å². The molecule has 1 atom stereocenters. The zero-order valence-electron chi connectivity index (χ0n) is 8.82. The first-order valence-electron chi connectivity index (χ1n) is 5.32. The summed E-state index contributed by atoms with van der Waals surface area (Å²) in [5.41, 5.74) is 2.33. The molecule has 0 aliphatic carbocycles. The molecule has 0 fully saturated rings. The fraction of sp³-hybridized carbons (Fsp3) is 0.417. The van der Waals surface area contributed by atoms with Crippen LogP contribution in [0.25, 0.3) is 0 Å². The average Bonchev–Trinajstić information content (AvgIpc) is 2.29. The predicted molar refractivity (Wildman–Crippen MR) is 58.8 cm³/mol. The van der Waals surface area contributed by atoms with Crippen LogP contribution in [0.4, 0.5) is 5.69 Å². The molecule has 0 amide bonds. The van der Waals surface area contributed by atoms with E-state index >= 15 is 0 Å². The Labute approximate surface area is 89.4 Å². The van der Waals surface area contributed by atoms with E-state index in [2.05, 4.69) is 11.4 Å². The second-order valence-electron chi connectivity index (χ2n) is 3.64. The van der Waals surface area contributed by atoms with E-state index in [0.717, 1.165) is 18.5 Å². The summed E-state index contributed by atoms with van der Waals surface area (Å²) in [6.45, 7) is 2.27. The number of hydrogen-bond acceptors (Lipinski definition) is 3. The van der Waals surface area contributed by atoms with Crippen LogP contribution in [0.5, 0.6) is 0 Å². The zero-order chi connectivity index (χ0) is 10.7. The van der Waals surface area contributed by atoms with E-state index in [1.807, 2.05) is 25.1 Å². The van der Waals surface area contributed by atoms with E-state index in [0.29, 0.717) is 6.61 Å². The van der Waals surface area contributed by atoms with Crippen molar-refractivity contribution in [3.63, 3.8) is 0 Å². The van der Waals surface area contributed by atoms with E-state index in [9.17, 15) is 4.79 Å². The molecule has 0 spiro atoms. The minimum Gasteiger partial charge on any atom is -0.464 e. The summed E-state index contributed by atoms with van der Waals surface area (Å²) in [5, 5.41) is 3.21. The van der Waals surface area contributed by atoms with Crippen LogP contribution in [0.1, 0.15) is 18.9 Å². The molecule has 1 N–H and O–H groups in total. The summed E-state index contributed by atoms with van der Waals surface area (Å²) in [7, 11) is 0. The molecule has 1 aliphatic rings. The second-order valence-corrected chi connectivity index (χ2v) is 3.64. The van der Waals surface area contributed by atoms with Crippen LogP contribution in [0, 0.1) is 0 Å². The van der Waals surface area contributed by atoms with Crippen molar-refractivity contribution in [1.82, 2.24) is 0 Å². The lowest BCUT2D eigenvalue weighted by Gasteiger charge is -2.25. The number of fused-ring (bicyclic) bond motifs is 1. The van der Waals surface area contributed by atoms with E-state index in [1.54, 1.807) is 0 Å². The number of benzene rings is 1. The van der Waals surface area contributed by atoms with Crippen molar-refractivity contribution < 1.29 is 9.53 Å². The third-order valence-electron chi connectivity index (χ3n) is 2.62. The molecule has 80 valence electrons. The molecule has 0 aromatic heterocycles. The van der Waals surface area contributed by atoms with Crippen molar-refractivity contribution in [3.05, 3.63) is 29.8 Å². The number of hydrogen-bond donors (Lipinski definition) is 1. The van der Waals surface area contributed by atoms with Crippen molar-refractivity contribution in [3.8, 4) is 0 Å². The molecule has 1 aromatic carbocycles. The van der Waals surface area contributed by atoms with Crippen LogP contribution in [0.15, 0.2) is 24.3 Å². The highest BCUT2D eigenvalue weighted by atomic mass is 16.5. The Balaban J connectivity index is 2.08. The fourth-order valence-electron chi connectivity index (χ4n) is 1.86. The normalized spacial score (nSPS) is 18.9. The zero-order valence-corrected chi connectivity index (χ0v) is 8.82. The molecule has 15 heavy (non-hydrogen) atoms. The molecule has 1 unspecified atom stereocenters. The van der Waals surface area contributed by atoms with Gasteiger partial charge in [-0.15, -0.1) is 0 Å². The van der Waals surface area contributed by atoms with Gasteiger partial charge in [-0.2, -0.15) is 0 Å². The molecule has 1 heterocycles. The number of ether oxygens (including phenoxy) is 1. The Bertz CT molecular complexity index is 362. The van der Waals surface area contributed by atoms with E-state index in [-0.39, 0.29) is 12.0 Å². The molecular weight excluding hydrogens is 190 g/mol. The van der Waals surface area contributed by atoms with Crippen LogP contribution in [-0.2, 0) is 16.0 Å². The third kappa shape index (κ3) is 2.12. The molecule has 1 aromatic rings. The van der Waals surface area contributed by atoms with Gasteiger partial charge >= 0.3 is 5.97 Å². The molecular formula is C12H15NO2. The van der Waals surface area contributed by atoms with Crippen molar-refractivity contribution in [2.24, 2.45) is 0 Å². The highest BCUT2D eigenvalue weighted by molar-refractivity contribution is 5.80. The predicted octanol–water partition coefficient (Wildman–Crippen LogP) is 1.98. The summed E-state index contributed by atoms with van der Waals surface area (Å²) in [6, 6.07) is 7.90. The number of carbonyl (C=O) groups excluding carboxylic acids is 1. The first-order valence-corrected chi connectivity index (χ1v) is 5.32. The molecule has 1 aliphatic heterocycles. The summed E-state index contributed by atoms with van der Waals surface area (Å²) in [5.74, 6) is -0.146. The van der Waals surface area contributed by atoms with Crippen molar-refractivity contribution in [1.29, 1.82) is 0 Å². The van der Waals surface area contributed by atoms with Gasteiger partial charge in [0.15, 0.2) is 0 Å². The highest BCUT2D eigenvalue weighted by Gasteiger charge is 2.24. The molecule has 3 nitrogen and oxygen atoms in total. The number of anilines is 1. The number of aryl methyl sites for hydroxylation is 1. The molecule has 0 radical (unpaired) electrons. The Morgan fingerprint density at radius 1 is 1.53 bits per heavy atom. The van der Waals surface area contributed by atoms with Gasteiger partial charge in [0.2, 0.25) is 0 Å². The number of esters is 1. The van der Waals surface area contributed by atoms with Crippen LogP contribution in [-0.4, -0.2) is 18.6 Å². The summed E-state index contributed by atoms with van der Waals surface area (Å²) >= 11 is 0. The van der Waals surface area contributed by atoms with E-state index in [4.69, 9.17) is 4.74 Å². The molecule has 0 saturated heterocycles. The van der Waals surface area contributed by atoms with Gasteiger partial charge in [0.05, 0.1) is 6.61 Å². The van der Waals surface area contributed by atoms with Crippen molar-refractivity contribution in [2.45, 2.75) is 25.8 Å². The quantitative estimate of drug-likeness (QED) is 0.750. The van der Waals surface area contributed by atoms with Crippen LogP contribution in [0.3, 0.4) is 0 Å². The smallest absolute Gasteiger partial charge is 0.328 e. The van der Waals surface area contributed by atoms with E-state index < -0.39 is 0 Å². The van der Waals surface area contributed by atoms with Gasteiger partial charge in [0, 0.05) is 5.69 Å². The SMILES string of the molecule is CCOC(=O)C1CCc2ccccc2N1. The van der Waals surface area contributed by atoms with Gasteiger partial charge in [-0.25, -0.2) is 4.79 Å². The van der Waals surface area contributed by atoms with Gasteiger partial charge in [0.1, 0.15) is 6.04 Å².